The van der Waals surface area contributed by atoms with Crippen LogP contribution >= 0.6 is 23.2 Å². The molecule has 0 amide bonds. The second-order valence-electron chi connectivity index (χ2n) is 4.15. The Balaban J connectivity index is 2.82. The van der Waals surface area contributed by atoms with E-state index in [9.17, 15) is 4.79 Å². The van der Waals surface area contributed by atoms with Crippen molar-refractivity contribution in [2.24, 2.45) is 5.92 Å². The number of anilines is 1. The van der Waals surface area contributed by atoms with E-state index in [-0.39, 0.29) is 5.92 Å². The number of carboxylic acids is 1. The van der Waals surface area contributed by atoms with Gasteiger partial charge in [0.2, 0.25) is 0 Å². The smallest absolute Gasteiger partial charge is 0.326 e. The molecule has 6 heteroatoms. The first kappa shape index (κ1) is 14.1. The van der Waals surface area contributed by atoms with Gasteiger partial charge in [0.1, 0.15) is 11.9 Å². The third kappa shape index (κ3) is 4.40. The summed E-state index contributed by atoms with van der Waals surface area (Å²) in [7, 11) is 0. The van der Waals surface area contributed by atoms with Crippen molar-refractivity contribution in [2.45, 2.75) is 26.3 Å². The van der Waals surface area contributed by atoms with Gasteiger partial charge in [0, 0.05) is 6.20 Å². The highest BCUT2D eigenvalue weighted by atomic mass is 35.5. The van der Waals surface area contributed by atoms with Crippen LogP contribution in [0, 0.1) is 5.92 Å². The summed E-state index contributed by atoms with van der Waals surface area (Å²) in [6, 6.07) is 0.813. The Bertz CT molecular complexity index is 410. The van der Waals surface area contributed by atoms with E-state index in [1.165, 1.54) is 12.3 Å². The van der Waals surface area contributed by atoms with Gasteiger partial charge in [-0.05, 0) is 18.4 Å². The van der Waals surface area contributed by atoms with E-state index in [0.717, 1.165) is 0 Å². The van der Waals surface area contributed by atoms with Crippen molar-refractivity contribution in [3.63, 3.8) is 0 Å². The van der Waals surface area contributed by atoms with Gasteiger partial charge in [0.05, 0.1) is 10.0 Å². The maximum atomic E-state index is 11.1. The molecule has 2 N–H and O–H groups in total. The predicted octanol–water partition coefficient (Wildman–Crippen LogP) is 3.30. The fourth-order valence-electron chi connectivity index (χ4n) is 1.38. The van der Waals surface area contributed by atoms with Gasteiger partial charge < -0.3 is 10.4 Å². The fourth-order valence-corrected chi connectivity index (χ4v) is 1.81. The monoisotopic (exact) mass is 276 g/mol. The molecule has 0 saturated carbocycles. The Labute approximate surface area is 110 Å². The Hall–Kier alpha value is -1.00. The second kappa shape index (κ2) is 6.07. The van der Waals surface area contributed by atoms with Gasteiger partial charge in [-0.1, -0.05) is 37.0 Å². The summed E-state index contributed by atoms with van der Waals surface area (Å²) in [5, 5.41) is 12.6. The number of nitrogens with one attached hydrogen (secondary N) is 1. The molecule has 0 aliphatic carbocycles. The van der Waals surface area contributed by atoms with Crippen LogP contribution in [0.3, 0.4) is 0 Å². The number of aliphatic carboxylic acids is 1. The largest absolute Gasteiger partial charge is 0.480 e. The van der Waals surface area contributed by atoms with Crippen LogP contribution in [0.15, 0.2) is 12.3 Å². The van der Waals surface area contributed by atoms with Crippen LogP contribution in [-0.2, 0) is 4.79 Å². The number of halogens is 2. The molecule has 1 heterocycles. The van der Waals surface area contributed by atoms with Crippen LogP contribution in [0.25, 0.3) is 0 Å². The molecule has 17 heavy (non-hydrogen) atoms. The standard InChI is InChI=1S/C11H14Cl2N2O2/c1-6(2)3-9(11(16)17)15-10-8(13)4-7(12)5-14-10/h4-6,9H,3H2,1-2H3,(H,14,15)(H,16,17)/t9-/m0/s1. The number of carbonyl (C=O) groups is 1. The number of hydrogen-bond acceptors (Lipinski definition) is 3. The molecule has 0 spiro atoms. The molecule has 0 aromatic carbocycles. The predicted molar refractivity (Wildman–Crippen MR) is 68.8 cm³/mol. The van der Waals surface area contributed by atoms with E-state index in [4.69, 9.17) is 28.3 Å². The van der Waals surface area contributed by atoms with Crippen molar-refractivity contribution in [1.29, 1.82) is 0 Å². The van der Waals surface area contributed by atoms with Crippen molar-refractivity contribution in [2.75, 3.05) is 5.32 Å². The number of rotatable bonds is 5. The molecule has 94 valence electrons. The molecule has 0 fully saturated rings. The van der Waals surface area contributed by atoms with Crippen LogP contribution < -0.4 is 5.32 Å². The van der Waals surface area contributed by atoms with Gasteiger partial charge >= 0.3 is 5.97 Å². The van der Waals surface area contributed by atoms with Gasteiger partial charge in [-0.15, -0.1) is 0 Å². The molecule has 0 bridgehead atoms. The molecular weight excluding hydrogens is 263 g/mol. The lowest BCUT2D eigenvalue weighted by atomic mass is 10.0. The number of pyridine rings is 1. The third-order valence-electron chi connectivity index (χ3n) is 2.12. The first-order valence-corrected chi connectivity index (χ1v) is 5.96. The van der Waals surface area contributed by atoms with Crippen LogP contribution in [0.1, 0.15) is 20.3 Å². The maximum absolute atomic E-state index is 11.1. The van der Waals surface area contributed by atoms with Crippen LogP contribution in [0.4, 0.5) is 5.82 Å². The van der Waals surface area contributed by atoms with E-state index in [2.05, 4.69) is 10.3 Å². The van der Waals surface area contributed by atoms with E-state index >= 15 is 0 Å². The van der Waals surface area contributed by atoms with E-state index in [1.807, 2.05) is 13.8 Å². The highest BCUT2D eigenvalue weighted by Gasteiger charge is 2.20. The van der Waals surface area contributed by atoms with E-state index in [1.54, 1.807) is 0 Å². The van der Waals surface area contributed by atoms with Gasteiger partial charge in [-0.25, -0.2) is 9.78 Å². The zero-order chi connectivity index (χ0) is 13.0. The first-order chi connectivity index (χ1) is 7.90. The Morgan fingerprint density at radius 1 is 1.53 bits per heavy atom. The molecule has 0 aliphatic heterocycles. The molecule has 0 saturated heterocycles. The van der Waals surface area contributed by atoms with Crippen molar-refractivity contribution in [1.82, 2.24) is 4.98 Å². The molecule has 0 radical (unpaired) electrons. The molecule has 1 rings (SSSR count). The summed E-state index contributed by atoms with van der Waals surface area (Å²) in [5.74, 6) is -0.328. The molecular formula is C11H14Cl2N2O2. The van der Waals surface area contributed by atoms with E-state index < -0.39 is 12.0 Å². The van der Waals surface area contributed by atoms with Crippen LogP contribution in [-0.4, -0.2) is 22.1 Å². The van der Waals surface area contributed by atoms with Crippen molar-refractivity contribution >= 4 is 35.0 Å². The number of aromatic nitrogens is 1. The summed E-state index contributed by atoms with van der Waals surface area (Å²) in [4.78, 5) is 15.0. The fraction of sp³-hybridized carbons (Fsp3) is 0.455. The first-order valence-electron chi connectivity index (χ1n) is 5.20. The quantitative estimate of drug-likeness (QED) is 0.866. The second-order valence-corrected chi connectivity index (χ2v) is 4.99. The lowest BCUT2D eigenvalue weighted by Gasteiger charge is -2.17. The van der Waals surface area contributed by atoms with E-state index in [0.29, 0.717) is 22.3 Å². The molecule has 1 atom stereocenters. The Morgan fingerprint density at radius 3 is 2.65 bits per heavy atom. The lowest BCUT2D eigenvalue weighted by molar-refractivity contribution is -0.138. The van der Waals surface area contributed by atoms with Crippen molar-refractivity contribution in [3.8, 4) is 0 Å². The number of carboxylic acid groups (broad SMARTS) is 1. The summed E-state index contributed by atoms with van der Waals surface area (Å²) in [6.07, 6.45) is 1.92. The van der Waals surface area contributed by atoms with Gasteiger partial charge in [-0.2, -0.15) is 0 Å². The van der Waals surface area contributed by atoms with Gasteiger partial charge in [0.15, 0.2) is 0 Å². The summed E-state index contributed by atoms with van der Waals surface area (Å²) < 4.78 is 0. The zero-order valence-electron chi connectivity index (χ0n) is 9.58. The maximum Gasteiger partial charge on any atom is 0.326 e. The van der Waals surface area contributed by atoms with Crippen LogP contribution in [0.2, 0.25) is 10.0 Å². The molecule has 1 aromatic heterocycles. The average Bonchev–Trinajstić information content (AvgIpc) is 2.19. The average molecular weight is 277 g/mol. The normalized spacial score (nSPS) is 12.5. The summed E-state index contributed by atoms with van der Waals surface area (Å²) in [5.41, 5.74) is 0. The van der Waals surface area contributed by atoms with Crippen molar-refractivity contribution < 1.29 is 9.90 Å². The topological polar surface area (TPSA) is 62.2 Å². The molecule has 0 aliphatic rings. The minimum absolute atomic E-state index is 0.259. The third-order valence-corrected chi connectivity index (χ3v) is 2.62. The SMILES string of the molecule is CC(C)C[C@H](Nc1ncc(Cl)cc1Cl)C(=O)O. The number of nitrogens with zero attached hydrogens (tertiary/aromatic N) is 1. The zero-order valence-corrected chi connectivity index (χ0v) is 11.1. The highest BCUT2D eigenvalue weighted by molar-refractivity contribution is 6.36. The number of hydrogen-bond donors (Lipinski definition) is 2. The lowest BCUT2D eigenvalue weighted by Crippen LogP contribution is -2.31. The minimum Gasteiger partial charge on any atom is -0.480 e. The summed E-state index contributed by atoms with van der Waals surface area (Å²) >= 11 is 11.6. The van der Waals surface area contributed by atoms with Crippen LogP contribution in [0.5, 0.6) is 0 Å². The highest BCUT2D eigenvalue weighted by Crippen LogP contribution is 2.24. The molecule has 4 nitrogen and oxygen atoms in total. The summed E-state index contributed by atoms with van der Waals surface area (Å²) in [6.45, 7) is 3.91. The molecule has 1 aromatic rings. The Kier molecular flexibility index (Phi) is 5.02. The Morgan fingerprint density at radius 2 is 2.18 bits per heavy atom. The van der Waals surface area contributed by atoms with Gasteiger partial charge in [-0.3, -0.25) is 0 Å². The van der Waals surface area contributed by atoms with Gasteiger partial charge in [0.25, 0.3) is 0 Å². The van der Waals surface area contributed by atoms with Crippen molar-refractivity contribution in [3.05, 3.63) is 22.3 Å². The molecule has 0 unspecified atom stereocenters. The minimum atomic E-state index is -0.925.